The van der Waals surface area contributed by atoms with Crippen LogP contribution in [0.5, 0.6) is 0 Å². The van der Waals surface area contributed by atoms with Gasteiger partial charge in [0.1, 0.15) is 6.10 Å². The number of aliphatic hydroxyl groups excluding tert-OH is 1. The van der Waals surface area contributed by atoms with Gasteiger partial charge in [0.25, 0.3) is 0 Å². The molecule has 1 aromatic carbocycles. The van der Waals surface area contributed by atoms with Crippen LogP contribution in [0.4, 0.5) is 0 Å². The van der Waals surface area contributed by atoms with Crippen molar-refractivity contribution in [3.05, 3.63) is 52.6 Å². The molecule has 1 N–H and O–H groups in total. The number of halogens is 1. The van der Waals surface area contributed by atoms with E-state index in [1.807, 2.05) is 38.1 Å². The molecule has 0 fully saturated rings. The second kappa shape index (κ2) is 4.74. The zero-order valence-electron chi connectivity index (χ0n) is 9.70. The number of aliphatic hydroxyl groups is 1. The minimum absolute atomic E-state index is 0.0990. The first kappa shape index (κ1) is 12.5. The number of benzene rings is 1. The standard InChI is InChI=1S/C14H13IO2/c1-8(2)7-11(16)12-13(15)9-5-3-4-6-10(9)14(12)17/h3-7,14,17H,1-2H3. The van der Waals surface area contributed by atoms with Gasteiger partial charge in [-0.1, -0.05) is 29.8 Å². The Balaban J connectivity index is 2.49. The SMILES string of the molecule is CC(C)=CC(=O)C1=C(I)c2ccccc2C1O. The van der Waals surface area contributed by atoms with Crippen molar-refractivity contribution in [2.45, 2.75) is 20.0 Å². The van der Waals surface area contributed by atoms with Gasteiger partial charge in [-0.15, -0.1) is 0 Å². The molecule has 1 unspecified atom stereocenters. The van der Waals surface area contributed by atoms with Crippen molar-refractivity contribution >= 4 is 32.0 Å². The minimum atomic E-state index is -0.791. The molecule has 3 heteroatoms. The fourth-order valence-electron chi connectivity index (χ4n) is 1.94. The topological polar surface area (TPSA) is 37.3 Å². The molecule has 88 valence electrons. The summed E-state index contributed by atoms with van der Waals surface area (Å²) in [5, 5.41) is 10.2. The van der Waals surface area contributed by atoms with Crippen molar-refractivity contribution in [3.63, 3.8) is 0 Å². The molecule has 0 aliphatic heterocycles. The number of carbonyl (C=O) groups is 1. The van der Waals surface area contributed by atoms with Crippen LogP contribution in [0.2, 0.25) is 0 Å². The van der Waals surface area contributed by atoms with Crippen LogP contribution >= 0.6 is 22.6 Å². The Morgan fingerprint density at radius 1 is 1.35 bits per heavy atom. The van der Waals surface area contributed by atoms with Crippen LogP contribution < -0.4 is 0 Å². The van der Waals surface area contributed by atoms with Crippen molar-refractivity contribution in [3.8, 4) is 0 Å². The summed E-state index contributed by atoms with van der Waals surface area (Å²) >= 11 is 2.13. The van der Waals surface area contributed by atoms with Gasteiger partial charge in [-0.2, -0.15) is 0 Å². The maximum Gasteiger partial charge on any atom is 0.185 e. The Bertz CT molecular complexity index is 537. The molecule has 0 saturated carbocycles. The maximum absolute atomic E-state index is 12.0. The fourth-order valence-corrected chi connectivity index (χ4v) is 2.99. The molecule has 1 aliphatic carbocycles. The number of ketones is 1. The second-order valence-corrected chi connectivity index (χ2v) is 5.38. The third-order valence-electron chi connectivity index (χ3n) is 2.69. The van der Waals surface area contributed by atoms with Crippen LogP contribution in [0.15, 0.2) is 41.5 Å². The van der Waals surface area contributed by atoms with Crippen molar-refractivity contribution in [2.24, 2.45) is 0 Å². The number of carbonyl (C=O) groups excluding carboxylic acids is 1. The van der Waals surface area contributed by atoms with Crippen LogP contribution in [0.3, 0.4) is 0 Å². The van der Waals surface area contributed by atoms with Crippen molar-refractivity contribution in [1.29, 1.82) is 0 Å². The molecule has 1 atom stereocenters. The highest BCUT2D eigenvalue weighted by molar-refractivity contribution is 14.1. The summed E-state index contributed by atoms with van der Waals surface area (Å²) < 4.78 is 0.855. The Hall–Kier alpha value is -0.940. The summed E-state index contributed by atoms with van der Waals surface area (Å²) in [6.45, 7) is 3.75. The van der Waals surface area contributed by atoms with Gasteiger partial charge in [0.2, 0.25) is 0 Å². The van der Waals surface area contributed by atoms with Gasteiger partial charge in [0.15, 0.2) is 5.78 Å². The van der Waals surface area contributed by atoms with Gasteiger partial charge in [-0.25, -0.2) is 0 Å². The van der Waals surface area contributed by atoms with E-state index in [9.17, 15) is 9.90 Å². The van der Waals surface area contributed by atoms with E-state index in [1.54, 1.807) is 6.08 Å². The molecule has 0 aromatic heterocycles. The van der Waals surface area contributed by atoms with Gasteiger partial charge in [0.05, 0.1) is 0 Å². The number of hydrogen-bond donors (Lipinski definition) is 1. The van der Waals surface area contributed by atoms with Crippen LogP contribution in [-0.4, -0.2) is 10.9 Å². The first-order valence-electron chi connectivity index (χ1n) is 5.38. The Kier molecular flexibility index (Phi) is 3.49. The molecular formula is C14H13IO2. The molecule has 2 nitrogen and oxygen atoms in total. The highest BCUT2D eigenvalue weighted by Crippen LogP contribution is 2.44. The summed E-state index contributed by atoms with van der Waals surface area (Å²) in [6, 6.07) is 7.59. The van der Waals surface area contributed by atoms with Crippen LogP contribution in [0, 0.1) is 0 Å². The highest BCUT2D eigenvalue weighted by atomic mass is 127. The number of rotatable bonds is 2. The van der Waals surface area contributed by atoms with Crippen molar-refractivity contribution in [1.82, 2.24) is 0 Å². The molecule has 0 bridgehead atoms. The zero-order valence-corrected chi connectivity index (χ0v) is 11.9. The summed E-state index contributed by atoms with van der Waals surface area (Å²) in [5.74, 6) is -0.0990. The molecule has 17 heavy (non-hydrogen) atoms. The minimum Gasteiger partial charge on any atom is -0.383 e. The average molecular weight is 340 g/mol. The summed E-state index contributed by atoms with van der Waals surface area (Å²) in [4.78, 5) is 12.0. The molecule has 1 aromatic rings. The quantitative estimate of drug-likeness (QED) is 0.662. The van der Waals surface area contributed by atoms with Gasteiger partial charge in [0, 0.05) is 9.15 Å². The molecule has 0 saturated heterocycles. The molecule has 0 heterocycles. The van der Waals surface area contributed by atoms with Gasteiger partial charge >= 0.3 is 0 Å². The largest absolute Gasteiger partial charge is 0.383 e. The van der Waals surface area contributed by atoms with Crippen LogP contribution in [0.25, 0.3) is 3.58 Å². The molecule has 1 aliphatic rings. The maximum atomic E-state index is 12.0. The average Bonchev–Trinajstić information content (AvgIpc) is 2.51. The van der Waals surface area contributed by atoms with E-state index in [4.69, 9.17) is 0 Å². The van der Waals surface area contributed by atoms with E-state index in [0.29, 0.717) is 5.57 Å². The lowest BCUT2D eigenvalue weighted by molar-refractivity contribution is -0.112. The summed E-state index contributed by atoms with van der Waals surface area (Å²) in [6.07, 6.45) is 0.782. The van der Waals surface area contributed by atoms with Crippen molar-refractivity contribution in [2.75, 3.05) is 0 Å². The lowest BCUT2D eigenvalue weighted by Gasteiger charge is -2.07. The van der Waals surface area contributed by atoms with Gasteiger partial charge < -0.3 is 5.11 Å². The smallest absolute Gasteiger partial charge is 0.185 e. The molecule has 0 amide bonds. The monoisotopic (exact) mass is 340 g/mol. The van der Waals surface area contributed by atoms with E-state index < -0.39 is 6.10 Å². The normalized spacial score (nSPS) is 18.0. The lowest BCUT2D eigenvalue weighted by atomic mass is 10.0. The van der Waals surface area contributed by atoms with E-state index in [1.165, 1.54) is 0 Å². The number of hydrogen-bond acceptors (Lipinski definition) is 2. The Morgan fingerprint density at radius 2 is 2.00 bits per heavy atom. The summed E-state index contributed by atoms with van der Waals surface area (Å²) in [7, 11) is 0. The van der Waals surface area contributed by atoms with E-state index in [0.717, 1.165) is 20.3 Å². The third kappa shape index (κ3) is 2.21. The van der Waals surface area contributed by atoms with E-state index in [-0.39, 0.29) is 5.78 Å². The lowest BCUT2D eigenvalue weighted by Crippen LogP contribution is -2.06. The van der Waals surface area contributed by atoms with Crippen LogP contribution in [-0.2, 0) is 4.79 Å². The predicted octanol–water partition coefficient (Wildman–Crippen LogP) is 3.42. The third-order valence-corrected chi connectivity index (χ3v) is 3.85. The number of allylic oxidation sites excluding steroid dienone is 2. The number of fused-ring (bicyclic) bond motifs is 1. The molecule has 0 spiro atoms. The molecular weight excluding hydrogens is 327 g/mol. The van der Waals surface area contributed by atoms with Gasteiger partial charge in [-0.05, 0) is 53.6 Å². The highest BCUT2D eigenvalue weighted by Gasteiger charge is 2.31. The van der Waals surface area contributed by atoms with Gasteiger partial charge in [-0.3, -0.25) is 4.79 Å². The Labute approximate surface area is 114 Å². The second-order valence-electron chi connectivity index (χ2n) is 4.30. The molecule has 2 rings (SSSR count). The first-order chi connectivity index (χ1) is 8.02. The Morgan fingerprint density at radius 3 is 2.59 bits per heavy atom. The first-order valence-corrected chi connectivity index (χ1v) is 6.46. The van der Waals surface area contributed by atoms with Crippen molar-refractivity contribution < 1.29 is 9.90 Å². The fraction of sp³-hybridized carbons (Fsp3) is 0.214. The predicted molar refractivity (Wildman–Crippen MR) is 76.8 cm³/mol. The summed E-state index contributed by atoms with van der Waals surface area (Å²) in [5.41, 5.74) is 3.22. The van der Waals surface area contributed by atoms with E-state index >= 15 is 0 Å². The van der Waals surface area contributed by atoms with Crippen LogP contribution in [0.1, 0.15) is 31.1 Å². The molecule has 0 radical (unpaired) electrons. The van der Waals surface area contributed by atoms with E-state index in [2.05, 4.69) is 22.6 Å². The zero-order chi connectivity index (χ0) is 12.6.